The number of allylic oxidation sites excluding steroid dienone is 1. The summed E-state index contributed by atoms with van der Waals surface area (Å²) in [5.74, 6) is -0.552. The normalized spacial score (nSPS) is 18.6. The number of hydrogen-bond acceptors (Lipinski definition) is 3. The number of carbonyl (C=O) groups is 1. The molecule has 1 aromatic rings. The first-order chi connectivity index (χ1) is 9.10. The maximum atomic E-state index is 12.1. The molecule has 0 aliphatic heterocycles. The highest BCUT2D eigenvalue weighted by atomic mass is 16.5. The third-order valence-corrected chi connectivity index (χ3v) is 3.26. The summed E-state index contributed by atoms with van der Waals surface area (Å²) in [5.41, 5.74) is 2.21. The van der Waals surface area contributed by atoms with Crippen LogP contribution in [-0.4, -0.2) is 17.2 Å². The van der Waals surface area contributed by atoms with Gasteiger partial charge in [-0.1, -0.05) is 24.3 Å². The average molecular weight is 258 g/mol. The Kier molecular flexibility index (Phi) is 4.05. The molecule has 0 spiro atoms. The van der Waals surface area contributed by atoms with Crippen molar-refractivity contribution in [2.45, 2.75) is 32.3 Å². The highest BCUT2D eigenvalue weighted by Gasteiger charge is 2.19. The van der Waals surface area contributed by atoms with E-state index in [9.17, 15) is 9.90 Å². The van der Waals surface area contributed by atoms with Crippen LogP contribution in [0.2, 0.25) is 0 Å². The first-order valence-corrected chi connectivity index (χ1v) is 6.44. The number of hydrogen-bond donors (Lipinski definition) is 1. The number of phenolic OH excluding ortho intramolecular Hbond substituents is 1. The van der Waals surface area contributed by atoms with Gasteiger partial charge in [0, 0.05) is 0 Å². The van der Waals surface area contributed by atoms with Crippen LogP contribution in [-0.2, 0) is 4.74 Å². The van der Waals surface area contributed by atoms with Gasteiger partial charge < -0.3 is 9.84 Å². The Bertz CT molecular complexity index is 529. The molecule has 3 heteroatoms. The maximum absolute atomic E-state index is 12.1. The van der Waals surface area contributed by atoms with Crippen LogP contribution in [0.15, 0.2) is 36.4 Å². The van der Waals surface area contributed by atoms with Gasteiger partial charge in [0.2, 0.25) is 0 Å². The van der Waals surface area contributed by atoms with Crippen LogP contribution in [0.5, 0.6) is 5.75 Å². The van der Waals surface area contributed by atoms with Gasteiger partial charge in [0.05, 0.1) is 0 Å². The molecule has 100 valence electrons. The zero-order valence-corrected chi connectivity index (χ0v) is 11.1. The van der Waals surface area contributed by atoms with Crippen LogP contribution in [0, 0.1) is 0 Å². The van der Waals surface area contributed by atoms with E-state index in [0.29, 0.717) is 0 Å². The van der Waals surface area contributed by atoms with Crippen molar-refractivity contribution in [1.29, 1.82) is 0 Å². The van der Waals surface area contributed by atoms with Crippen LogP contribution < -0.4 is 0 Å². The van der Waals surface area contributed by atoms with E-state index in [0.717, 1.165) is 24.8 Å². The fraction of sp³-hybridized carbons (Fsp3) is 0.312. The molecule has 19 heavy (non-hydrogen) atoms. The Labute approximate surface area is 113 Å². The van der Waals surface area contributed by atoms with Gasteiger partial charge >= 0.3 is 5.97 Å². The monoisotopic (exact) mass is 258 g/mol. The fourth-order valence-electron chi connectivity index (χ4n) is 2.20. The number of aromatic hydroxyl groups is 1. The quantitative estimate of drug-likeness (QED) is 0.664. The van der Waals surface area contributed by atoms with E-state index in [4.69, 9.17) is 4.74 Å². The Morgan fingerprint density at radius 1 is 1.53 bits per heavy atom. The molecule has 1 atom stereocenters. The van der Waals surface area contributed by atoms with E-state index in [1.165, 1.54) is 11.6 Å². The van der Waals surface area contributed by atoms with Crippen molar-refractivity contribution < 1.29 is 14.6 Å². The number of ether oxygens (including phenoxy) is 1. The van der Waals surface area contributed by atoms with Gasteiger partial charge in [-0.05, 0) is 50.0 Å². The molecule has 2 rings (SSSR count). The minimum absolute atomic E-state index is 0.0629. The average Bonchev–Trinajstić information content (AvgIpc) is 2.39. The van der Waals surface area contributed by atoms with E-state index in [1.807, 2.05) is 13.0 Å². The summed E-state index contributed by atoms with van der Waals surface area (Å²) < 4.78 is 5.42. The van der Waals surface area contributed by atoms with Crippen molar-refractivity contribution in [2.24, 2.45) is 0 Å². The molecular weight excluding hydrogens is 240 g/mol. The molecule has 0 heterocycles. The summed E-state index contributed by atoms with van der Waals surface area (Å²) in [4.78, 5) is 12.1. The van der Waals surface area contributed by atoms with Crippen molar-refractivity contribution in [1.82, 2.24) is 0 Å². The van der Waals surface area contributed by atoms with Crippen LogP contribution >= 0.6 is 0 Å². The second kappa shape index (κ2) is 5.74. The second-order valence-electron chi connectivity index (χ2n) is 4.83. The minimum atomic E-state index is -0.489. The van der Waals surface area contributed by atoms with E-state index < -0.39 is 5.97 Å². The molecule has 0 saturated carbocycles. The van der Waals surface area contributed by atoms with Crippen LogP contribution in [0.3, 0.4) is 0 Å². The molecule has 3 nitrogen and oxygen atoms in total. The third kappa shape index (κ3) is 3.25. The van der Waals surface area contributed by atoms with Crippen molar-refractivity contribution in [2.75, 3.05) is 0 Å². The van der Waals surface area contributed by atoms with Gasteiger partial charge in [0.15, 0.2) is 0 Å². The molecule has 0 amide bonds. The smallest absolute Gasteiger partial charge is 0.342 e. The van der Waals surface area contributed by atoms with E-state index in [1.54, 1.807) is 18.2 Å². The lowest BCUT2D eigenvalue weighted by Gasteiger charge is -2.20. The summed E-state index contributed by atoms with van der Waals surface area (Å²) in [7, 11) is 0. The molecule has 0 aromatic heterocycles. The lowest BCUT2D eigenvalue weighted by Crippen LogP contribution is -2.19. The van der Waals surface area contributed by atoms with Crippen molar-refractivity contribution in [3.05, 3.63) is 47.6 Å². The summed E-state index contributed by atoms with van der Waals surface area (Å²) >= 11 is 0. The molecule has 1 N–H and O–H groups in total. The Balaban J connectivity index is 2.15. The molecule has 1 aromatic carbocycles. The molecule has 1 unspecified atom stereocenters. The largest absolute Gasteiger partial charge is 0.507 e. The summed E-state index contributed by atoms with van der Waals surface area (Å²) in [6.07, 6.45) is 6.35. The Morgan fingerprint density at radius 2 is 2.32 bits per heavy atom. The number of benzene rings is 1. The third-order valence-electron chi connectivity index (χ3n) is 3.26. The number of rotatable bonds is 3. The minimum Gasteiger partial charge on any atom is -0.507 e. The number of phenols is 1. The predicted molar refractivity (Wildman–Crippen MR) is 75.0 cm³/mol. The maximum Gasteiger partial charge on any atom is 0.342 e. The zero-order chi connectivity index (χ0) is 13.8. The molecule has 0 saturated heterocycles. The summed E-state index contributed by atoms with van der Waals surface area (Å²) in [6.45, 7) is 5.68. The van der Waals surface area contributed by atoms with Gasteiger partial charge in [0.25, 0.3) is 0 Å². The Hall–Kier alpha value is -2.03. The van der Waals surface area contributed by atoms with Gasteiger partial charge in [-0.3, -0.25) is 0 Å². The zero-order valence-electron chi connectivity index (χ0n) is 11.1. The summed E-state index contributed by atoms with van der Waals surface area (Å²) in [6, 6.07) is 4.77. The second-order valence-corrected chi connectivity index (χ2v) is 4.83. The van der Waals surface area contributed by atoms with Crippen molar-refractivity contribution >= 4 is 12.0 Å². The molecular formula is C16H18O3. The molecule has 1 aliphatic carbocycles. The first kappa shape index (κ1) is 13.4. The number of esters is 1. The predicted octanol–water partition coefficient (Wildman–Crippen LogP) is 3.69. The lowest BCUT2D eigenvalue weighted by atomic mass is 9.98. The van der Waals surface area contributed by atoms with Gasteiger partial charge in [-0.25, -0.2) is 4.79 Å². The summed E-state index contributed by atoms with van der Waals surface area (Å²) in [5, 5.41) is 9.73. The SMILES string of the molecule is C=Cc1ccc(O)c(C(=O)OC2C=C(C)CCC2)c1. The van der Waals surface area contributed by atoms with Gasteiger partial charge in [-0.2, -0.15) is 0 Å². The fourth-order valence-corrected chi connectivity index (χ4v) is 2.20. The molecule has 0 fully saturated rings. The van der Waals surface area contributed by atoms with Crippen LogP contribution in [0.1, 0.15) is 42.1 Å². The van der Waals surface area contributed by atoms with E-state index in [-0.39, 0.29) is 17.4 Å². The molecule has 0 bridgehead atoms. The number of carbonyl (C=O) groups excluding carboxylic acids is 1. The van der Waals surface area contributed by atoms with E-state index >= 15 is 0 Å². The topological polar surface area (TPSA) is 46.5 Å². The van der Waals surface area contributed by atoms with Crippen molar-refractivity contribution in [3.8, 4) is 5.75 Å². The van der Waals surface area contributed by atoms with Gasteiger partial charge in [0.1, 0.15) is 17.4 Å². The lowest BCUT2D eigenvalue weighted by molar-refractivity contribution is 0.0364. The van der Waals surface area contributed by atoms with Crippen LogP contribution in [0.25, 0.3) is 6.08 Å². The Morgan fingerprint density at radius 3 is 3.00 bits per heavy atom. The highest BCUT2D eigenvalue weighted by Crippen LogP contribution is 2.24. The van der Waals surface area contributed by atoms with Crippen LogP contribution in [0.4, 0.5) is 0 Å². The molecule has 0 radical (unpaired) electrons. The van der Waals surface area contributed by atoms with Crippen molar-refractivity contribution in [3.63, 3.8) is 0 Å². The first-order valence-electron chi connectivity index (χ1n) is 6.44. The standard InChI is InChI=1S/C16H18O3/c1-3-12-7-8-15(17)14(10-12)16(18)19-13-6-4-5-11(2)9-13/h3,7-10,13,17H,1,4-6H2,2H3. The van der Waals surface area contributed by atoms with Gasteiger partial charge in [-0.15, -0.1) is 0 Å². The highest BCUT2D eigenvalue weighted by molar-refractivity contribution is 5.93. The van der Waals surface area contributed by atoms with E-state index in [2.05, 4.69) is 6.58 Å². The molecule has 1 aliphatic rings.